The number of aliphatic hydroxyl groups is 1. The topological polar surface area (TPSA) is 156 Å². The predicted molar refractivity (Wildman–Crippen MR) is 189 cm³/mol. The van der Waals surface area contributed by atoms with E-state index in [0.29, 0.717) is 23.6 Å². The molecule has 3 aliphatic heterocycles. The molecule has 276 valence electrons. The van der Waals surface area contributed by atoms with Gasteiger partial charge in [-0.2, -0.15) is 12.6 Å². The van der Waals surface area contributed by atoms with E-state index in [1.807, 2.05) is 13.0 Å². The summed E-state index contributed by atoms with van der Waals surface area (Å²) in [6.07, 6.45) is 1.08. The van der Waals surface area contributed by atoms with Crippen molar-refractivity contribution >= 4 is 53.8 Å². The number of amides is 3. The Morgan fingerprint density at radius 2 is 1.98 bits per heavy atom. The minimum atomic E-state index is -1.82. The Labute approximate surface area is 303 Å². The lowest BCUT2D eigenvalue weighted by Crippen LogP contribution is -2.63. The molecule has 1 aromatic carbocycles. The summed E-state index contributed by atoms with van der Waals surface area (Å²) < 4.78 is 29.0. The molecule has 0 unspecified atom stereocenters. The van der Waals surface area contributed by atoms with Crippen LogP contribution in [0.3, 0.4) is 0 Å². The number of halogens is 1. The molecule has 3 amide bonds. The molecule has 0 aliphatic carbocycles. The molecule has 2 saturated heterocycles. The maximum Gasteiger partial charge on any atom is 0.409 e. The first-order chi connectivity index (χ1) is 23.5. The van der Waals surface area contributed by atoms with Gasteiger partial charge in [-0.15, -0.1) is 0 Å². The highest BCUT2D eigenvalue weighted by Gasteiger charge is 2.64. The highest BCUT2D eigenvalue weighted by molar-refractivity contribution is 7.80. The van der Waals surface area contributed by atoms with Gasteiger partial charge in [0.05, 0.1) is 25.3 Å². The van der Waals surface area contributed by atoms with Crippen LogP contribution in [0.1, 0.15) is 52.5 Å². The van der Waals surface area contributed by atoms with Crippen LogP contribution in [0.2, 0.25) is 5.02 Å². The molecule has 15 heteroatoms. The molecular weight excluding hydrogens is 690 g/mol. The number of fused-ring (bicyclic) bond motifs is 5. The van der Waals surface area contributed by atoms with Crippen molar-refractivity contribution in [1.29, 1.82) is 0 Å². The molecule has 4 rings (SSSR count). The Bertz CT molecular complexity index is 1540. The molecule has 2 N–H and O–H groups in total. The third-order valence-electron chi connectivity index (χ3n) is 9.85. The van der Waals surface area contributed by atoms with Crippen molar-refractivity contribution in [2.45, 2.75) is 95.2 Å². The summed E-state index contributed by atoms with van der Waals surface area (Å²) in [7, 11) is 5.98. The molecule has 3 heterocycles. The van der Waals surface area contributed by atoms with Crippen LogP contribution in [0.5, 0.6) is 5.75 Å². The lowest BCUT2D eigenvalue weighted by atomic mass is 9.83. The van der Waals surface area contributed by atoms with Gasteiger partial charge in [-0.3, -0.25) is 14.9 Å². The fourth-order valence-electron chi connectivity index (χ4n) is 6.49. The van der Waals surface area contributed by atoms with Crippen LogP contribution < -0.4 is 15.0 Å². The summed E-state index contributed by atoms with van der Waals surface area (Å²) in [6.45, 7) is 6.96. The lowest BCUT2D eigenvalue weighted by molar-refractivity contribution is -0.161. The number of epoxide rings is 1. The summed E-state index contributed by atoms with van der Waals surface area (Å²) >= 11 is 10.8. The van der Waals surface area contributed by atoms with Crippen LogP contribution in [-0.2, 0) is 39.8 Å². The number of hydrogen-bond acceptors (Lipinski definition) is 11. The molecule has 2 fully saturated rings. The second-order valence-corrected chi connectivity index (χ2v) is 14.2. The van der Waals surface area contributed by atoms with Gasteiger partial charge in [-0.05, 0) is 50.6 Å². The number of nitrogens with one attached hydrogen (secondary N) is 1. The van der Waals surface area contributed by atoms with Gasteiger partial charge < -0.3 is 38.6 Å². The van der Waals surface area contributed by atoms with Crippen molar-refractivity contribution in [3.63, 3.8) is 0 Å². The van der Waals surface area contributed by atoms with Gasteiger partial charge in [-0.25, -0.2) is 9.59 Å². The number of methoxy groups -OCH3 is 2. The number of anilines is 1. The van der Waals surface area contributed by atoms with Gasteiger partial charge >= 0.3 is 12.1 Å². The molecule has 50 heavy (non-hydrogen) atoms. The van der Waals surface area contributed by atoms with E-state index in [4.69, 9.17) is 35.3 Å². The highest BCUT2D eigenvalue weighted by Crippen LogP contribution is 2.49. The third-order valence-corrected chi connectivity index (χ3v) is 10.5. The molecule has 0 aromatic heterocycles. The van der Waals surface area contributed by atoms with Crippen molar-refractivity contribution < 1.29 is 48.0 Å². The monoisotopic (exact) mass is 737 g/mol. The van der Waals surface area contributed by atoms with Gasteiger partial charge in [-0.1, -0.05) is 42.3 Å². The number of hydrogen-bond donors (Lipinski definition) is 3. The van der Waals surface area contributed by atoms with E-state index in [0.717, 1.165) is 11.1 Å². The standard InChI is InChI=1S/C35H48ClN3O10S/c1-19-10-9-11-26(46-8)35(44)18-25(47-33(43)37-35)20(2)31-34(4,49-31)27(48-32(42)21(3)38(5)28(40)12-13-50)17-29(41)39(6)23-15-22(14-19)16-24(45-7)30(23)36/h9-11,15-16,20-21,25-27,31,44,50H,12-14,17-18H2,1-8H3,(H,37,43)/t20-,21-,25+,26+,27-,31+,34-,35-/m0/s1. The SMILES string of the molecule is COc1cc2cc(c1Cl)N(C)C(=O)C[C@H](OC(=O)[C@H](C)N(C)C(=O)CCS)[C@]1(C)O[C@@H]1[C@@H](C)[C@H]1C[C@@](O)(NC(=O)O1)[C@H](OC)C=CC=C(C)C2. The fourth-order valence-corrected chi connectivity index (χ4v) is 6.99. The van der Waals surface area contributed by atoms with E-state index >= 15 is 0 Å². The van der Waals surface area contributed by atoms with Crippen LogP contribution in [0.25, 0.3) is 0 Å². The zero-order valence-electron chi connectivity index (χ0n) is 29.7. The minimum absolute atomic E-state index is 0.0489. The van der Waals surface area contributed by atoms with Gasteiger partial charge in [0.15, 0.2) is 5.72 Å². The average Bonchev–Trinajstić information content (AvgIpc) is 3.76. The van der Waals surface area contributed by atoms with Crippen LogP contribution in [0.15, 0.2) is 35.9 Å². The van der Waals surface area contributed by atoms with Crippen molar-refractivity contribution in [2.75, 3.05) is 39.0 Å². The van der Waals surface area contributed by atoms with E-state index in [1.165, 1.54) is 38.0 Å². The zero-order chi connectivity index (χ0) is 37.1. The van der Waals surface area contributed by atoms with Crippen molar-refractivity contribution in [1.82, 2.24) is 10.2 Å². The van der Waals surface area contributed by atoms with E-state index < -0.39 is 65.7 Å². The number of thiol groups is 1. The Kier molecular flexibility index (Phi) is 12.6. The molecule has 0 saturated carbocycles. The number of esters is 1. The van der Waals surface area contributed by atoms with Gasteiger partial charge in [0.2, 0.25) is 11.8 Å². The number of allylic oxidation sites excluding steroid dienone is 3. The molecule has 13 nitrogen and oxygen atoms in total. The number of carbonyl (C=O) groups excluding carboxylic acids is 4. The molecule has 3 aliphatic rings. The normalized spacial score (nSPS) is 30.7. The zero-order valence-corrected chi connectivity index (χ0v) is 31.4. The van der Waals surface area contributed by atoms with Gasteiger partial charge in [0, 0.05) is 40.0 Å². The van der Waals surface area contributed by atoms with Crippen LogP contribution in [0, 0.1) is 5.92 Å². The smallest absolute Gasteiger partial charge is 0.409 e. The second-order valence-electron chi connectivity index (χ2n) is 13.4. The van der Waals surface area contributed by atoms with Crippen molar-refractivity contribution in [3.8, 4) is 5.75 Å². The largest absolute Gasteiger partial charge is 0.495 e. The number of benzene rings is 1. The Balaban J connectivity index is 1.78. The minimum Gasteiger partial charge on any atom is -0.495 e. The van der Waals surface area contributed by atoms with Crippen LogP contribution >= 0.6 is 24.2 Å². The first kappa shape index (κ1) is 39.5. The first-order valence-electron chi connectivity index (χ1n) is 16.4. The third kappa shape index (κ3) is 8.42. The summed E-state index contributed by atoms with van der Waals surface area (Å²) in [5.41, 5.74) is -0.903. The summed E-state index contributed by atoms with van der Waals surface area (Å²) in [5.74, 6) is -1.30. The lowest BCUT2D eigenvalue weighted by Gasteiger charge is -2.42. The summed E-state index contributed by atoms with van der Waals surface area (Å²) in [5, 5.41) is 14.4. The number of rotatable bonds is 7. The maximum atomic E-state index is 14.0. The number of nitrogens with zero attached hydrogens (tertiary/aromatic N) is 2. The van der Waals surface area contributed by atoms with E-state index in [9.17, 15) is 24.3 Å². The Morgan fingerprint density at radius 3 is 2.62 bits per heavy atom. The molecular formula is C35H48ClN3O10S. The molecule has 4 bridgehead atoms. The van der Waals surface area contributed by atoms with E-state index in [2.05, 4.69) is 17.9 Å². The van der Waals surface area contributed by atoms with Gasteiger partial charge in [0.1, 0.15) is 40.7 Å². The molecule has 8 atom stereocenters. The Morgan fingerprint density at radius 1 is 1.28 bits per heavy atom. The number of alkyl carbamates (subject to hydrolysis) is 1. The Hall–Kier alpha value is -3.30. The van der Waals surface area contributed by atoms with Gasteiger partial charge in [0.25, 0.3) is 0 Å². The first-order valence-corrected chi connectivity index (χ1v) is 17.5. The quantitative estimate of drug-likeness (QED) is 0.214. The predicted octanol–water partition coefficient (Wildman–Crippen LogP) is 3.83. The number of carbonyl (C=O) groups is 4. The summed E-state index contributed by atoms with van der Waals surface area (Å²) in [6, 6.07) is 2.60. The fraction of sp³-hybridized carbons (Fsp3) is 0.600. The van der Waals surface area contributed by atoms with Crippen LogP contribution in [0.4, 0.5) is 10.5 Å². The number of ether oxygens (including phenoxy) is 5. The second kappa shape index (κ2) is 15.9. The number of likely N-dealkylation sites (N-methyl/N-ethyl adjacent to an activating group) is 1. The van der Waals surface area contributed by atoms with Crippen LogP contribution in [-0.4, -0.2) is 110 Å². The summed E-state index contributed by atoms with van der Waals surface area (Å²) in [4.78, 5) is 55.6. The maximum absolute atomic E-state index is 14.0. The van der Waals surface area contributed by atoms with E-state index in [-0.39, 0.29) is 30.2 Å². The molecule has 0 spiro atoms. The van der Waals surface area contributed by atoms with E-state index in [1.54, 1.807) is 45.2 Å². The molecule has 0 radical (unpaired) electrons. The van der Waals surface area contributed by atoms with Crippen molar-refractivity contribution in [3.05, 3.63) is 46.5 Å². The molecule has 1 aromatic rings. The highest BCUT2D eigenvalue weighted by atomic mass is 35.5. The average molecular weight is 738 g/mol. The van der Waals surface area contributed by atoms with Crippen molar-refractivity contribution in [2.24, 2.45) is 5.92 Å².